The molecule has 0 atom stereocenters. The molecule has 1 aromatic rings. The highest BCUT2D eigenvalue weighted by molar-refractivity contribution is 5.50. The first-order valence-corrected chi connectivity index (χ1v) is 6.87. The van der Waals surface area contributed by atoms with Crippen LogP contribution in [0, 0.1) is 28.4 Å². The summed E-state index contributed by atoms with van der Waals surface area (Å²) >= 11 is 0. The van der Waals surface area contributed by atoms with Gasteiger partial charge in [-0.1, -0.05) is 0 Å². The summed E-state index contributed by atoms with van der Waals surface area (Å²) in [7, 11) is 0. The van der Waals surface area contributed by atoms with Crippen LogP contribution >= 0.6 is 0 Å². The summed E-state index contributed by atoms with van der Waals surface area (Å²) in [5, 5.41) is 19.9. The first-order valence-electron chi connectivity index (χ1n) is 6.87. The lowest BCUT2D eigenvalue weighted by Crippen LogP contribution is -2.54. The van der Waals surface area contributed by atoms with Gasteiger partial charge in [0.1, 0.15) is 17.6 Å². The van der Waals surface area contributed by atoms with Gasteiger partial charge in [0.2, 0.25) is 0 Å². The van der Waals surface area contributed by atoms with Crippen molar-refractivity contribution < 1.29 is 4.92 Å². The number of hydrogen-bond acceptors (Lipinski definition) is 6. The Morgan fingerprint density at radius 3 is 2.48 bits per heavy atom. The number of hydrogen-bond donors (Lipinski definition) is 0. The van der Waals surface area contributed by atoms with Gasteiger partial charge in [-0.2, -0.15) is 5.26 Å². The Balaban J connectivity index is 2.10. The lowest BCUT2D eigenvalue weighted by atomic mass is 10.0. The Bertz CT molecular complexity index is 586. The maximum Gasteiger partial charge on any atom is 0.287 e. The van der Waals surface area contributed by atoms with E-state index in [4.69, 9.17) is 0 Å². The van der Waals surface area contributed by atoms with E-state index in [0.717, 1.165) is 37.6 Å². The zero-order chi connectivity index (χ0) is 15.6. The molecule has 0 radical (unpaired) electrons. The van der Waals surface area contributed by atoms with Crippen LogP contribution in [0.3, 0.4) is 0 Å². The Labute approximate surface area is 123 Å². The fraction of sp³-hybridized carbons (Fsp3) is 0.571. The third-order valence-electron chi connectivity index (χ3n) is 3.89. The molecular formula is C14H19N5O2. The van der Waals surface area contributed by atoms with Crippen LogP contribution in [0.4, 0.5) is 11.5 Å². The van der Waals surface area contributed by atoms with Crippen LogP contribution < -0.4 is 4.90 Å². The highest BCUT2D eigenvalue weighted by Gasteiger charge is 2.30. The van der Waals surface area contributed by atoms with Gasteiger partial charge in [0.05, 0.1) is 11.0 Å². The first kappa shape index (κ1) is 15.2. The van der Waals surface area contributed by atoms with Crippen LogP contribution in [0.5, 0.6) is 0 Å². The second-order valence-corrected chi connectivity index (χ2v) is 5.74. The lowest BCUT2D eigenvalue weighted by molar-refractivity contribution is -0.385. The van der Waals surface area contributed by atoms with Gasteiger partial charge >= 0.3 is 0 Å². The van der Waals surface area contributed by atoms with Crippen LogP contribution in [0.15, 0.2) is 12.3 Å². The SMILES string of the molecule is Cc1cc([N+](=O)[O-])cnc1N1CCN(C(C)(C)C#N)CC1. The quantitative estimate of drug-likeness (QED) is 0.622. The molecule has 112 valence electrons. The zero-order valence-corrected chi connectivity index (χ0v) is 12.5. The summed E-state index contributed by atoms with van der Waals surface area (Å²) in [4.78, 5) is 18.8. The molecule has 7 nitrogen and oxygen atoms in total. The van der Waals surface area contributed by atoms with E-state index in [9.17, 15) is 15.4 Å². The zero-order valence-electron chi connectivity index (χ0n) is 12.5. The molecule has 0 saturated carbocycles. The fourth-order valence-corrected chi connectivity index (χ4v) is 2.53. The van der Waals surface area contributed by atoms with E-state index < -0.39 is 10.5 Å². The highest BCUT2D eigenvalue weighted by Crippen LogP contribution is 2.24. The summed E-state index contributed by atoms with van der Waals surface area (Å²) < 4.78 is 0. The van der Waals surface area contributed by atoms with Crippen molar-refractivity contribution >= 4 is 11.5 Å². The van der Waals surface area contributed by atoms with E-state index in [-0.39, 0.29) is 5.69 Å². The number of aryl methyl sites for hydroxylation is 1. The van der Waals surface area contributed by atoms with Gasteiger partial charge in [0.25, 0.3) is 5.69 Å². The highest BCUT2D eigenvalue weighted by atomic mass is 16.6. The van der Waals surface area contributed by atoms with Crippen molar-refractivity contribution in [2.45, 2.75) is 26.3 Å². The number of piperazine rings is 1. The molecule has 21 heavy (non-hydrogen) atoms. The van der Waals surface area contributed by atoms with Gasteiger partial charge in [0, 0.05) is 32.2 Å². The lowest BCUT2D eigenvalue weighted by Gasteiger charge is -2.41. The molecular weight excluding hydrogens is 270 g/mol. The fourth-order valence-electron chi connectivity index (χ4n) is 2.53. The smallest absolute Gasteiger partial charge is 0.287 e. The third kappa shape index (κ3) is 3.11. The Hall–Kier alpha value is -2.20. The topological polar surface area (TPSA) is 86.3 Å². The minimum absolute atomic E-state index is 0.0144. The number of anilines is 1. The monoisotopic (exact) mass is 289 g/mol. The Morgan fingerprint density at radius 2 is 2.00 bits per heavy atom. The molecule has 2 heterocycles. The summed E-state index contributed by atoms with van der Waals surface area (Å²) in [5.74, 6) is 0.787. The minimum Gasteiger partial charge on any atom is -0.354 e. The molecule has 2 rings (SSSR count). The van der Waals surface area contributed by atoms with E-state index in [1.165, 1.54) is 6.20 Å². The van der Waals surface area contributed by atoms with E-state index in [0.29, 0.717) is 0 Å². The molecule has 0 unspecified atom stereocenters. The summed E-state index contributed by atoms with van der Waals surface area (Å²) in [6.45, 7) is 8.74. The van der Waals surface area contributed by atoms with E-state index >= 15 is 0 Å². The van der Waals surface area contributed by atoms with Crippen molar-refractivity contribution in [3.63, 3.8) is 0 Å². The summed E-state index contributed by atoms with van der Waals surface area (Å²) in [6, 6.07) is 3.86. The van der Waals surface area contributed by atoms with Crippen LogP contribution in [0.1, 0.15) is 19.4 Å². The second-order valence-electron chi connectivity index (χ2n) is 5.74. The van der Waals surface area contributed by atoms with E-state index in [2.05, 4.69) is 20.9 Å². The molecule has 7 heteroatoms. The van der Waals surface area contributed by atoms with Crippen molar-refractivity contribution in [3.8, 4) is 6.07 Å². The molecule has 0 bridgehead atoms. The van der Waals surface area contributed by atoms with Gasteiger partial charge in [-0.05, 0) is 26.3 Å². The van der Waals surface area contributed by atoms with Gasteiger partial charge < -0.3 is 4.90 Å². The molecule has 1 saturated heterocycles. The molecule has 0 aromatic carbocycles. The number of aromatic nitrogens is 1. The van der Waals surface area contributed by atoms with E-state index in [1.54, 1.807) is 6.07 Å². The van der Waals surface area contributed by atoms with Crippen molar-refractivity contribution in [1.29, 1.82) is 5.26 Å². The predicted octanol–water partition coefficient (Wildman–Crippen LogP) is 1.72. The number of pyridine rings is 1. The number of nitrogens with zero attached hydrogens (tertiary/aromatic N) is 5. The Kier molecular flexibility index (Phi) is 4.09. The van der Waals surface area contributed by atoms with Crippen LogP contribution in [-0.4, -0.2) is 46.5 Å². The Morgan fingerprint density at radius 1 is 1.38 bits per heavy atom. The normalized spacial score (nSPS) is 16.6. The second kappa shape index (κ2) is 5.66. The molecule has 0 aliphatic carbocycles. The molecule has 0 N–H and O–H groups in total. The molecule has 0 amide bonds. The van der Waals surface area contributed by atoms with E-state index in [1.807, 2.05) is 20.8 Å². The molecule has 1 aromatic heterocycles. The average Bonchev–Trinajstić information content (AvgIpc) is 2.47. The first-order chi connectivity index (χ1) is 9.85. The average molecular weight is 289 g/mol. The molecule has 1 aliphatic heterocycles. The molecule has 1 aliphatic rings. The third-order valence-corrected chi connectivity index (χ3v) is 3.89. The largest absolute Gasteiger partial charge is 0.354 e. The number of nitro groups is 1. The summed E-state index contributed by atoms with van der Waals surface area (Å²) in [6.07, 6.45) is 1.30. The molecule has 1 fully saturated rings. The summed E-state index contributed by atoms with van der Waals surface area (Å²) in [5.41, 5.74) is 0.349. The maximum atomic E-state index is 10.7. The van der Waals surface area contributed by atoms with Crippen molar-refractivity contribution in [1.82, 2.24) is 9.88 Å². The molecule has 0 spiro atoms. The standard InChI is InChI=1S/C14H19N5O2/c1-11-8-12(19(20)21)9-16-13(11)17-4-6-18(7-5-17)14(2,3)10-15/h8-9H,4-7H2,1-3H3. The van der Waals surface area contributed by atoms with Crippen molar-refractivity contribution in [3.05, 3.63) is 27.9 Å². The minimum atomic E-state index is -0.468. The van der Waals surface area contributed by atoms with Crippen LogP contribution in [0.2, 0.25) is 0 Å². The van der Waals surface area contributed by atoms with Crippen LogP contribution in [0.25, 0.3) is 0 Å². The van der Waals surface area contributed by atoms with Crippen LogP contribution in [-0.2, 0) is 0 Å². The van der Waals surface area contributed by atoms with Crippen molar-refractivity contribution in [2.24, 2.45) is 0 Å². The van der Waals surface area contributed by atoms with Gasteiger partial charge in [-0.15, -0.1) is 0 Å². The number of rotatable bonds is 3. The number of nitriles is 1. The van der Waals surface area contributed by atoms with Crippen molar-refractivity contribution in [2.75, 3.05) is 31.1 Å². The maximum absolute atomic E-state index is 10.7. The van der Waals surface area contributed by atoms with Gasteiger partial charge in [-0.25, -0.2) is 4.98 Å². The van der Waals surface area contributed by atoms with Gasteiger partial charge in [-0.3, -0.25) is 15.0 Å². The predicted molar refractivity (Wildman–Crippen MR) is 79.1 cm³/mol. The van der Waals surface area contributed by atoms with Gasteiger partial charge in [0.15, 0.2) is 0 Å².